The van der Waals surface area contributed by atoms with Gasteiger partial charge in [0.1, 0.15) is 6.54 Å². The highest BCUT2D eigenvalue weighted by molar-refractivity contribution is 5.97. The van der Waals surface area contributed by atoms with Gasteiger partial charge in [0.05, 0.1) is 17.7 Å². The first-order valence-electron chi connectivity index (χ1n) is 10.8. The Labute approximate surface area is 177 Å². The molecule has 1 rings (SSSR count). The maximum Gasteiger partial charge on any atom is 0.417 e. The number of hydrogen-bond acceptors (Lipinski definition) is 3. The molecule has 4 nitrogen and oxygen atoms in total. The van der Waals surface area contributed by atoms with E-state index >= 15 is 0 Å². The molecule has 0 aromatic heterocycles. The average molecular weight is 430 g/mol. The third kappa shape index (κ3) is 10.1. The predicted molar refractivity (Wildman–Crippen MR) is 111 cm³/mol. The van der Waals surface area contributed by atoms with Gasteiger partial charge in [0.15, 0.2) is 0 Å². The Hall–Kier alpha value is -2.05. The topological polar surface area (TPSA) is 46.6 Å². The third-order valence-electron chi connectivity index (χ3n) is 4.94. The van der Waals surface area contributed by atoms with Crippen molar-refractivity contribution in [2.75, 3.05) is 20.2 Å². The molecule has 0 saturated heterocycles. The quantitative estimate of drug-likeness (QED) is 0.260. The maximum atomic E-state index is 13.1. The minimum absolute atomic E-state index is 0.260. The summed E-state index contributed by atoms with van der Waals surface area (Å²) in [4.78, 5) is 25.2. The second kappa shape index (κ2) is 14.0. The van der Waals surface area contributed by atoms with Crippen molar-refractivity contribution >= 4 is 11.9 Å². The van der Waals surface area contributed by atoms with Crippen molar-refractivity contribution < 1.29 is 27.5 Å². The predicted octanol–water partition coefficient (Wildman–Crippen LogP) is 6.24. The molecule has 0 fully saturated rings. The number of alkyl halides is 3. The molecule has 0 aliphatic rings. The van der Waals surface area contributed by atoms with E-state index in [1.807, 2.05) is 0 Å². The van der Waals surface area contributed by atoms with E-state index in [0.717, 1.165) is 36.3 Å². The smallest absolute Gasteiger partial charge is 0.417 e. The zero-order valence-corrected chi connectivity index (χ0v) is 18.1. The largest absolute Gasteiger partial charge is 0.464 e. The van der Waals surface area contributed by atoms with Crippen LogP contribution in [0.15, 0.2) is 24.3 Å². The summed E-state index contributed by atoms with van der Waals surface area (Å²) in [6.45, 7) is 2.08. The van der Waals surface area contributed by atoms with E-state index < -0.39 is 29.2 Å². The molecule has 0 unspecified atom stereocenters. The molecule has 0 N–H and O–H groups in total. The molecule has 0 spiro atoms. The molecule has 1 amide bonds. The number of benzene rings is 1. The molecule has 170 valence electrons. The van der Waals surface area contributed by atoms with Gasteiger partial charge < -0.3 is 9.64 Å². The first kappa shape index (κ1) is 26.0. The Morgan fingerprint density at radius 3 is 2.00 bits per heavy atom. The summed E-state index contributed by atoms with van der Waals surface area (Å²) in [7, 11) is 1.29. The molecular formula is C23H34F3NO3. The van der Waals surface area contributed by atoms with Gasteiger partial charge in [-0.15, -0.1) is 0 Å². The second-order valence-electron chi connectivity index (χ2n) is 7.61. The molecule has 1 aromatic carbocycles. The van der Waals surface area contributed by atoms with Gasteiger partial charge in [-0.05, 0) is 18.6 Å². The first-order chi connectivity index (χ1) is 14.3. The Morgan fingerprint density at radius 1 is 0.900 bits per heavy atom. The number of ether oxygens (including phenoxy) is 1. The average Bonchev–Trinajstić information content (AvgIpc) is 2.70. The minimum Gasteiger partial charge on any atom is -0.464 e. The summed E-state index contributed by atoms with van der Waals surface area (Å²) >= 11 is 0. The molecule has 30 heavy (non-hydrogen) atoms. The van der Waals surface area contributed by atoms with Gasteiger partial charge in [-0.3, -0.25) is 9.59 Å². The summed E-state index contributed by atoms with van der Waals surface area (Å²) < 4.78 is 44.3. The van der Waals surface area contributed by atoms with Gasteiger partial charge in [-0.1, -0.05) is 76.8 Å². The SMILES string of the molecule is CCCCCCCCCCCCOC(=O)CN(C)C(=O)c1ccccc1C(F)(F)F. The van der Waals surface area contributed by atoms with Crippen LogP contribution in [0.1, 0.15) is 87.1 Å². The van der Waals surface area contributed by atoms with Crippen LogP contribution in [0, 0.1) is 0 Å². The van der Waals surface area contributed by atoms with E-state index in [0.29, 0.717) is 0 Å². The van der Waals surface area contributed by atoms with Crippen LogP contribution in [0.25, 0.3) is 0 Å². The van der Waals surface area contributed by atoms with Crippen LogP contribution in [0.4, 0.5) is 13.2 Å². The Balaban J connectivity index is 2.24. The molecule has 0 aliphatic heterocycles. The number of carbonyl (C=O) groups is 2. The van der Waals surface area contributed by atoms with Crippen LogP contribution in [0.5, 0.6) is 0 Å². The molecule has 0 radical (unpaired) electrons. The highest BCUT2D eigenvalue weighted by Gasteiger charge is 2.35. The van der Waals surface area contributed by atoms with Crippen molar-refractivity contribution in [3.8, 4) is 0 Å². The Kier molecular flexibility index (Phi) is 12.2. The molecule has 1 aromatic rings. The van der Waals surface area contributed by atoms with E-state index in [1.54, 1.807) is 0 Å². The fourth-order valence-corrected chi connectivity index (χ4v) is 3.21. The lowest BCUT2D eigenvalue weighted by Crippen LogP contribution is -2.34. The number of likely N-dealkylation sites (N-methyl/N-ethyl adjacent to an activating group) is 1. The van der Waals surface area contributed by atoms with E-state index in [9.17, 15) is 22.8 Å². The molecule has 0 saturated carbocycles. The van der Waals surface area contributed by atoms with Crippen LogP contribution in [0.2, 0.25) is 0 Å². The van der Waals surface area contributed by atoms with Crippen LogP contribution < -0.4 is 0 Å². The lowest BCUT2D eigenvalue weighted by molar-refractivity contribution is -0.144. The van der Waals surface area contributed by atoms with Gasteiger partial charge in [0.25, 0.3) is 5.91 Å². The van der Waals surface area contributed by atoms with Crippen molar-refractivity contribution in [2.24, 2.45) is 0 Å². The lowest BCUT2D eigenvalue weighted by atomic mass is 10.1. The van der Waals surface area contributed by atoms with Crippen LogP contribution in [-0.4, -0.2) is 37.0 Å². The fourth-order valence-electron chi connectivity index (χ4n) is 3.21. The highest BCUT2D eigenvalue weighted by atomic mass is 19.4. The van der Waals surface area contributed by atoms with Crippen molar-refractivity contribution in [2.45, 2.75) is 77.3 Å². The monoisotopic (exact) mass is 429 g/mol. The van der Waals surface area contributed by atoms with Gasteiger partial charge >= 0.3 is 12.1 Å². The van der Waals surface area contributed by atoms with Crippen LogP contribution >= 0.6 is 0 Å². The summed E-state index contributed by atoms with van der Waals surface area (Å²) in [6.07, 6.45) is 7.02. The number of rotatable bonds is 14. The first-order valence-corrected chi connectivity index (χ1v) is 10.8. The molecule has 0 aliphatic carbocycles. The Bertz CT molecular complexity index is 647. The van der Waals surface area contributed by atoms with Crippen LogP contribution in [-0.2, 0) is 15.7 Å². The van der Waals surface area contributed by atoms with E-state index in [2.05, 4.69) is 6.92 Å². The maximum absolute atomic E-state index is 13.1. The van der Waals surface area contributed by atoms with Crippen LogP contribution in [0.3, 0.4) is 0 Å². The minimum atomic E-state index is -4.64. The zero-order valence-electron chi connectivity index (χ0n) is 18.1. The number of amides is 1. The van der Waals surface area contributed by atoms with Gasteiger partial charge in [0, 0.05) is 7.05 Å². The van der Waals surface area contributed by atoms with Gasteiger partial charge in [-0.25, -0.2) is 0 Å². The molecule has 0 heterocycles. The normalized spacial score (nSPS) is 11.4. The second-order valence-corrected chi connectivity index (χ2v) is 7.61. The van der Waals surface area contributed by atoms with Crippen molar-refractivity contribution in [3.05, 3.63) is 35.4 Å². The van der Waals surface area contributed by atoms with E-state index in [1.165, 1.54) is 64.1 Å². The number of esters is 1. The zero-order chi connectivity index (χ0) is 22.4. The van der Waals surface area contributed by atoms with Crippen molar-refractivity contribution in [3.63, 3.8) is 0 Å². The number of unbranched alkanes of at least 4 members (excludes halogenated alkanes) is 9. The van der Waals surface area contributed by atoms with Crippen molar-refractivity contribution in [1.29, 1.82) is 0 Å². The fraction of sp³-hybridized carbons (Fsp3) is 0.652. The number of nitrogens with zero attached hydrogens (tertiary/aromatic N) is 1. The summed E-state index contributed by atoms with van der Waals surface area (Å²) in [5, 5.41) is 0. The van der Waals surface area contributed by atoms with Gasteiger partial charge in [-0.2, -0.15) is 13.2 Å². The standard InChI is InChI=1S/C23H34F3NO3/c1-3-4-5-6-7-8-9-10-11-14-17-30-21(28)18-27(2)22(29)19-15-12-13-16-20(19)23(24,25)26/h12-13,15-16H,3-11,14,17-18H2,1-2H3. The van der Waals surface area contributed by atoms with E-state index in [-0.39, 0.29) is 13.2 Å². The molecule has 0 bridgehead atoms. The number of carbonyl (C=O) groups excluding carboxylic acids is 2. The summed E-state index contributed by atoms with van der Waals surface area (Å²) in [5.41, 5.74) is -1.49. The molecular weight excluding hydrogens is 395 g/mol. The summed E-state index contributed by atoms with van der Waals surface area (Å²) in [6, 6.07) is 4.54. The lowest BCUT2D eigenvalue weighted by Gasteiger charge is -2.19. The Morgan fingerprint density at radius 2 is 1.43 bits per heavy atom. The molecule has 0 atom stereocenters. The number of halogens is 3. The van der Waals surface area contributed by atoms with E-state index in [4.69, 9.17) is 4.74 Å². The van der Waals surface area contributed by atoms with Gasteiger partial charge in [0.2, 0.25) is 0 Å². The number of hydrogen-bond donors (Lipinski definition) is 0. The third-order valence-corrected chi connectivity index (χ3v) is 4.94. The highest BCUT2D eigenvalue weighted by Crippen LogP contribution is 2.32. The molecule has 7 heteroatoms. The summed E-state index contributed by atoms with van der Waals surface area (Å²) in [5.74, 6) is -1.48. The van der Waals surface area contributed by atoms with Crippen molar-refractivity contribution in [1.82, 2.24) is 4.90 Å².